The second-order valence-electron chi connectivity index (χ2n) is 3.74. The summed E-state index contributed by atoms with van der Waals surface area (Å²) in [6.45, 7) is 1.57. The zero-order valence-electron chi connectivity index (χ0n) is 9.76. The number of halogens is 2. The van der Waals surface area contributed by atoms with Gasteiger partial charge in [0.25, 0.3) is 10.0 Å². The summed E-state index contributed by atoms with van der Waals surface area (Å²) >= 11 is 5.55. The zero-order valence-corrected chi connectivity index (χ0v) is 11.3. The van der Waals surface area contributed by atoms with Crippen LogP contribution >= 0.6 is 11.6 Å². The molecule has 5 nitrogen and oxygen atoms in total. The molecule has 0 spiro atoms. The van der Waals surface area contributed by atoms with E-state index in [4.69, 9.17) is 11.6 Å². The molecule has 19 heavy (non-hydrogen) atoms. The van der Waals surface area contributed by atoms with E-state index in [1.54, 1.807) is 6.92 Å². The molecular formula is C11H9ClFN3O2S. The SMILES string of the molecule is Cc1ccc(F)cc1S(=O)(=O)Nc1cnc(Cl)cn1. The molecule has 0 aliphatic rings. The van der Waals surface area contributed by atoms with Crippen molar-refractivity contribution in [2.24, 2.45) is 0 Å². The summed E-state index contributed by atoms with van der Waals surface area (Å²) in [7, 11) is -3.91. The van der Waals surface area contributed by atoms with Gasteiger partial charge in [-0.3, -0.25) is 4.72 Å². The predicted octanol–water partition coefficient (Wildman–Crippen LogP) is 2.38. The average Bonchev–Trinajstić information content (AvgIpc) is 2.35. The van der Waals surface area contributed by atoms with Crippen molar-refractivity contribution in [3.8, 4) is 0 Å². The van der Waals surface area contributed by atoms with Gasteiger partial charge in [0.15, 0.2) is 5.82 Å². The summed E-state index contributed by atoms with van der Waals surface area (Å²) in [5, 5.41) is 0.143. The van der Waals surface area contributed by atoms with Crippen molar-refractivity contribution in [1.29, 1.82) is 0 Å². The standard InChI is InChI=1S/C11H9ClFN3O2S/c1-7-2-3-8(13)4-9(7)19(17,18)16-11-6-14-10(12)5-15-11/h2-6H,1H3,(H,15,16). The van der Waals surface area contributed by atoms with Crippen molar-refractivity contribution in [3.05, 3.63) is 47.1 Å². The van der Waals surface area contributed by atoms with E-state index in [-0.39, 0.29) is 15.9 Å². The van der Waals surface area contributed by atoms with Crippen LogP contribution in [0.3, 0.4) is 0 Å². The van der Waals surface area contributed by atoms with Crippen LogP contribution in [0.5, 0.6) is 0 Å². The van der Waals surface area contributed by atoms with Gasteiger partial charge in [0.2, 0.25) is 0 Å². The van der Waals surface area contributed by atoms with Gasteiger partial charge in [-0.25, -0.2) is 22.8 Å². The molecule has 0 bridgehead atoms. The summed E-state index contributed by atoms with van der Waals surface area (Å²) in [5.74, 6) is -0.624. The molecule has 0 aliphatic carbocycles. The van der Waals surface area contributed by atoms with Crippen LogP contribution in [0.1, 0.15) is 5.56 Å². The van der Waals surface area contributed by atoms with E-state index in [1.165, 1.54) is 24.5 Å². The Morgan fingerprint density at radius 1 is 1.26 bits per heavy atom. The number of nitrogens with one attached hydrogen (secondary N) is 1. The highest BCUT2D eigenvalue weighted by Gasteiger charge is 2.18. The molecule has 1 heterocycles. The van der Waals surface area contributed by atoms with Crippen molar-refractivity contribution in [2.75, 3.05) is 4.72 Å². The van der Waals surface area contributed by atoms with E-state index in [1.807, 2.05) is 0 Å². The fourth-order valence-electron chi connectivity index (χ4n) is 1.42. The molecule has 0 radical (unpaired) electrons. The minimum Gasteiger partial charge on any atom is -0.262 e. The molecule has 1 aromatic heterocycles. The van der Waals surface area contributed by atoms with Gasteiger partial charge >= 0.3 is 0 Å². The van der Waals surface area contributed by atoms with Crippen molar-refractivity contribution in [1.82, 2.24) is 9.97 Å². The van der Waals surface area contributed by atoms with Gasteiger partial charge < -0.3 is 0 Å². The number of sulfonamides is 1. The Morgan fingerprint density at radius 2 is 2.00 bits per heavy atom. The third kappa shape index (κ3) is 3.18. The molecule has 2 aromatic rings. The number of anilines is 1. The Kier molecular flexibility index (Phi) is 3.68. The first kappa shape index (κ1) is 13.7. The lowest BCUT2D eigenvalue weighted by molar-refractivity contribution is 0.594. The lowest BCUT2D eigenvalue weighted by Gasteiger charge is -2.09. The van der Waals surface area contributed by atoms with Gasteiger partial charge in [0.1, 0.15) is 11.0 Å². The maximum Gasteiger partial charge on any atom is 0.263 e. The number of hydrogen-bond acceptors (Lipinski definition) is 4. The Morgan fingerprint density at radius 3 is 2.63 bits per heavy atom. The molecule has 1 aromatic carbocycles. The second kappa shape index (κ2) is 5.10. The summed E-state index contributed by atoms with van der Waals surface area (Å²) in [5.41, 5.74) is 0.427. The number of hydrogen-bond donors (Lipinski definition) is 1. The molecule has 0 unspecified atom stereocenters. The number of rotatable bonds is 3. The highest BCUT2D eigenvalue weighted by molar-refractivity contribution is 7.92. The van der Waals surface area contributed by atoms with Gasteiger partial charge in [0.05, 0.1) is 17.3 Å². The smallest absolute Gasteiger partial charge is 0.262 e. The van der Waals surface area contributed by atoms with E-state index in [9.17, 15) is 12.8 Å². The van der Waals surface area contributed by atoms with Crippen molar-refractivity contribution in [3.63, 3.8) is 0 Å². The second-order valence-corrected chi connectivity index (χ2v) is 5.78. The Bertz CT molecular complexity index is 704. The minimum absolute atomic E-state index is 0.00746. The highest BCUT2D eigenvalue weighted by Crippen LogP contribution is 2.19. The summed E-state index contributed by atoms with van der Waals surface area (Å²) in [6, 6.07) is 3.52. The Hall–Kier alpha value is -1.73. The van der Waals surface area contributed by atoms with E-state index < -0.39 is 15.8 Å². The van der Waals surface area contributed by atoms with Crippen LogP contribution < -0.4 is 4.72 Å². The van der Waals surface area contributed by atoms with Crippen LogP contribution in [0.15, 0.2) is 35.5 Å². The molecule has 0 saturated heterocycles. The maximum absolute atomic E-state index is 13.1. The van der Waals surface area contributed by atoms with Crippen LogP contribution in [0.2, 0.25) is 5.15 Å². The molecule has 0 saturated carbocycles. The van der Waals surface area contributed by atoms with Gasteiger partial charge in [0, 0.05) is 0 Å². The first-order valence-corrected chi connectivity index (χ1v) is 7.01. The fourth-order valence-corrected chi connectivity index (χ4v) is 2.77. The number of nitrogens with zero attached hydrogens (tertiary/aromatic N) is 2. The van der Waals surface area contributed by atoms with Crippen LogP contribution in [0, 0.1) is 12.7 Å². The minimum atomic E-state index is -3.91. The largest absolute Gasteiger partial charge is 0.263 e. The molecule has 2 rings (SSSR count). The van der Waals surface area contributed by atoms with E-state index in [0.717, 1.165) is 6.07 Å². The molecule has 0 amide bonds. The normalized spacial score (nSPS) is 11.3. The summed E-state index contributed by atoms with van der Waals surface area (Å²) in [4.78, 5) is 7.31. The molecule has 0 atom stereocenters. The maximum atomic E-state index is 13.1. The van der Waals surface area contributed by atoms with Gasteiger partial charge in [-0.15, -0.1) is 0 Å². The topological polar surface area (TPSA) is 72.0 Å². The van der Waals surface area contributed by atoms with Gasteiger partial charge in [-0.2, -0.15) is 0 Å². The van der Waals surface area contributed by atoms with Crippen LogP contribution in [-0.2, 0) is 10.0 Å². The van der Waals surface area contributed by atoms with Crippen molar-refractivity contribution >= 4 is 27.4 Å². The van der Waals surface area contributed by atoms with Crippen LogP contribution in [0.4, 0.5) is 10.2 Å². The van der Waals surface area contributed by atoms with E-state index in [0.29, 0.717) is 5.56 Å². The Labute approximate surface area is 114 Å². The van der Waals surface area contributed by atoms with Crippen molar-refractivity contribution < 1.29 is 12.8 Å². The number of benzene rings is 1. The number of aromatic nitrogens is 2. The average molecular weight is 302 g/mol. The molecule has 8 heteroatoms. The monoisotopic (exact) mass is 301 g/mol. The molecule has 1 N–H and O–H groups in total. The van der Waals surface area contributed by atoms with Crippen LogP contribution in [-0.4, -0.2) is 18.4 Å². The summed E-state index contributed by atoms with van der Waals surface area (Å²) in [6.07, 6.45) is 2.38. The lowest BCUT2D eigenvalue weighted by atomic mass is 10.2. The summed E-state index contributed by atoms with van der Waals surface area (Å²) < 4.78 is 39.5. The van der Waals surface area contributed by atoms with Crippen LogP contribution in [0.25, 0.3) is 0 Å². The number of aryl methyl sites for hydroxylation is 1. The third-order valence-corrected chi connectivity index (χ3v) is 3.99. The molecular weight excluding hydrogens is 293 g/mol. The predicted molar refractivity (Wildman–Crippen MR) is 69.0 cm³/mol. The van der Waals surface area contributed by atoms with E-state index in [2.05, 4.69) is 14.7 Å². The lowest BCUT2D eigenvalue weighted by Crippen LogP contribution is -2.15. The molecule has 0 aliphatic heterocycles. The zero-order chi connectivity index (χ0) is 14.0. The highest BCUT2D eigenvalue weighted by atomic mass is 35.5. The first-order chi connectivity index (χ1) is 8.88. The Balaban J connectivity index is 2.37. The first-order valence-electron chi connectivity index (χ1n) is 5.15. The molecule has 100 valence electrons. The van der Waals surface area contributed by atoms with Gasteiger partial charge in [-0.05, 0) is 24.6 Å². The third-order valence-electron chi connectivity index (χ3n) is 2.30. The van der Waals surface area contributed by atoms with Gasteiger partial charge in [-0.1, -0.05) is 17.7 Å². The van der Waals surface area contributed by atoms with E-state index >= 15 is 0 Å². The quantitative estimate of drug-likeness (QED) is 0.945. The molecule has 0 fully saturated rings. The van der Waals surface area contributed by atoms with Crippen molar-refractivity contribution in [2.45, 2.75) is 11.8 Å². The fraction of sp³-hybridized carbons (Fsp3) is 0.0909.